The number of anilines is 1. The lowest BCUT2D eigenvalue weighted by molar-refractivity contribution is -0.870. The van der Waals surface area contributed by atoms with Crippen LogP contribution in [0.4, 0.5) is 17.1 Å². The number of rotatable bonds is 13. The number of amides is 1. The SMILES string of the molecule is CN(C)c1ccc(N=Nc2ccc(C(=O)NCCCCCC(=O)OCC[N+](C)(C)C)cc2)cc1.[Br-]. The van der Waals surface area contributed by atoms with Gasteiger partial charge in [-0.1, -0.05) is 6.42 Å². The van der Waals surface area contributed by atoms with Crippen LogP contribution in [-0.4, -0.2) is 71.3 Å². The van der Waals surface area contributed by atoms with Crippen LogP contribution in [-0.2, 0) is 9.53 Å². The normalized spacial score (nSPS) is 11.1. The van der Waals surface area contributed by atoms with Gasteiger partial charge in [0.1, 0.15) is 13.2 Å². The highest BCUT2D eigenvalue weighted by Gasteiger charge is 2.09. The Hall–Kier alpha value is -2.78. The molecule has 2 rings (SSSR count). The van der Waals surface area contributed by atoms with Gasteiger partial charge in [-0.3, -0.25) is 9.59 Å². The number of ether oxygens (including phenoxy) is 1. The predicted molar refractivity (Wildman–Crippen MR) is 136 cm³/mol. The van der Waals surface area contributed by atoms with Crippen LogP contribution < -0.4 is 27.2 Å². The Kier molecular flexibility index (Phi) is 13.2. The summed E-state index contributed by atoms with van der Waals surface area (Å²) in [5, 5.41) is 11.4. The molecule has 0 fully saturated rings. The molecule has 0 atom stereocenters. The zero-order valence-corrected chi connectivity index (χ0v) is 23.0. The third-order valence-electron chi connectivity index (χ3n) is 5.14. The first-order valence-corrected chi connectivity index (χ1v) is 11.7. The summed E-state index contributed by atoms with van der Waals surface area (Å²) in [6.45, 7) is 1.81. The number of benzene rings is 2. The summed E-state index contributed by atoms with van der Waals surface area (Å²) in [6.07, 6.45) is 2.86. The number of esters is 1. The van der Waals surface area contributed by atoms with E-state index in [0.29, 0.717) is 30.8 Å². The Bertz CT molecular complexity index is 939. The van der Waals surface area contributed by atoms with Gasteiger partial charge in [0.15, 0.2) is 0 Å². The first kappa shape index (κ1) is 30.3. The van der Waals surface area contributed by atoms with Crippen molar-refractivity contribution in [3.63, 3.8) is 0 Å². The van der Waals surface area contributed by atoms with Gasteiger partial charge in [-0.25, -0.2) is 0 Å². The Balaban J connectivity index is 0.00000612. The monoisotopic (exact) mass is 547 g/mol. The first-order valence-electron chi connectivity index (χ1n) is 11.7. The quantitative estimate of drug-likeness (QED) is 0.179. The molecular weight excluding hydrogens is 510 g/mol. The van der Waals surface area contributed by atoms with Crippen LogP contribution in [0.3, 0.4) is 0 Å². The number of unbranched alkanes of at least 4 members (excludes halogenated alkanes) is 2. The fourth-order valence-corrected chi connectivity index (χ4v) is 2.99. The maximum Gasteiger partial charge on any atom is 0.305 e. The molecule has 0 aliphatic carbocycles. The fourth-order valence-electron chi connectivity index (χ4n) is 2.99. The average molecular weight is 549 g/mol. The highest BCUT2D eigenvalue weighted by Crippen LogP contribution is 2.21. The molecule has 2 aromatic rings. The molecule has 0 saturated carbocycles. The summed E-state index contributed by atoms with van der Waals surface area (Å²) in [6, 6.07) is 14.8. The number of likely N-dealkylation sites (N-methyl/N-ethyl adjacent to an activating group) is 1. The Morgan fingerprint density at radius 3 is 2.00 bits per heavy atom. The molecule has 192 valence electrons. The van der Waals surface area contributed by atoms with E-state index in [4.69, 9.17) is 4.74 Å². The van der Waals surface area contributed by atoms with Gasteiger partial charge in [-0.15, -0.1) is 0 Å². The number of carbonyl (C=O) groups is 2. The summed E-state index contributed by atoms with van der Waals surface area (Å²) in [5.74, 6) is -0.275. The van der Waals surface area contributed by atoms with E-state index in [1.54, 1.807) is 24.3 Å². The minimum Gasteiger partial charge on any atom is -1.00 e. The van der Waals surface area contributed by atoms with Gasteiger partial charge in [0.05, 0.1) is 32.5 Å². The maximum atomic E-state index is 12.3. The number of carbonyl (C=O) groups excluding carboxylic acids is 2. The molecule has 0 saturated heterocycles. The van der Waals surface area contributed by atoms with Gasteiger partial charge >= 0.3 is 5.97 Å². The number of hydrogen-bond donors (Lipinski definition) is 1. The number of halogens is 1. The first-order chi connectivity index (χ1) is 16.1. The van der Waals surface area contributed by atoms with E-state index in [0.717, 1.165) is 41.7 Å². The molecule has 0 bridgehead atoms. The van der Waals surface area contributed by atoms with E-state index in [9.17, 15) is 9.59 Å². The van der Waals surface area contributed by atoms with Crippen molar-refractivity contribution >= 4 is 28.9 Å². The second kappa shape index (κ2) is 15.3. The van der Waals surface area contributed by atoms with E-state index < -0.39 is 0 Å². The molecular formula is C26H38BrN5O3. The van der Waals surface area contributed by atoms with Gasteiger partial charge in [-0.2, -0.15) is 10.2 Å². The third-order valence-corrected chi connectivity index (χ3v) is 5.14. The largest absolute Gasteiger partial charge is 1.00 e. The smallest absolute Gasteiger partial charge is 0.305 e. The number of nitrogens with one attached hydrogen (secondary N) is 1. The topological polar surface area (TPSA) is 83.4 Å². The van der Waals surface area contributed by atoms with Crippen LogP contribution in [0.2, 0.25) is 0 Å². The van der Waals surface area contributed by atoms with Crippen LogP contribution in [0.25, 0.3) is 0 Å². The summed E-state index contributed by atoms with van der Waals surface area (Å²) in [4.78, 5) is 26.1. The lowest BCUT2D eigenvalue weighted by atomic mass is 10.1. The van der Waals surface area contributed by atoms with Crippen molar-refractivity contribution in [3.05, 3.63) is 54.1 Å². The number of hydrogen-bond acceptors (Lipinski definition) is 6. The Morgan fingerprint density at radius 2 is 1.46 bits per heavy atom. The molecule has 2 aromatic carbocycles. The zero-order valence-electron chi connectivity index (χ0n) is 21.5. The van der Waals surface area contributed by atoms with Gasteiger partial charge in [0.2, 0.25) is 0 Å². The van der Waals surface area contributed by atoms with Crippen molar-refractivity contribution in [1.82, 2.24) is 5.32 Å². The highest BCUT2D eigenvalue weighted by atomic mass is 79.9. The van der Waals surface area contributed by atoms with Crippen molar-refractivity contribution < 1.29 is 35.8 Å². The Morgan fingerprint density at radius 1 is 0.886 bits per heavy atom. The number of nitrogens with zero attached hydrogens (tertiary/aromatic N) is 4. The molecule has 35 heavy (non-hydrogen) atoms. The zero-order chi connectivity index (χ0) is 25.0. The van der Waals surface area contributed by atoms with E-state index in [1.807, 2.05) is 43.3 Å². The second-order valence-electron chi connectivity index (χ2n) is 9.46. The lowest BCUT2D eigenvalue weighted by Crippen LogP contribution is -3.00. The second-order valence-corrected chi connectivity index (χ2v) is 9.46. The number of azo groups is 1. The van der Waals surface area contributed by atoms with E-state index in [1.165, 1.54) is 0 Å². The van der Waals surface area contributed by atoms with Crippen molar-refractivity contribution in [1.29, 1.82) is 0 Å². The van der Waals surface area contributed by atoms with E-state index in [2.05, 4.69) is 36.7 Å². The van der Waals surface area contributed by atoms with Crippen molar-refractivity contribution in [2.45, 2.75) is 25.7 Å². The highest BCUT2D eigenvalue weighted by molar-refractivity contribution is 5.94. The molecule has 8 nitrogen and oxygen atoms in total. The summed E-state index contributed by atoms with van der Waals surface area (Å²) in [7, 11) is 10.2. The lowest BCUT2D eigenvalue weighted by Gasteiger charge is -2.23. The van der Waals surface area contributed by atoms with Crippen molar-refractivity contribution in [3.8, 4) is 0 Å². The Labute approximate surface area is 219 Å². The molecule has 1 N–H and O–H groups in total. The summed E-state index contributed by atoms with van der Waals surface area (Å²) < 4.78 is 6.01. The van der Waals surface area contributed by atoms with Crippen LogP contribution in [0.5, 0.6) is 0 Å². The number of quaternary nitrogens is 1. The maximum absolute atomic E-state index is 12.3. The molecule has 1 amide bonds. The molecule has 0 aliphatic rings. The van der Waals surface area contributed by atoms with Crippen molar-refractivity contribution in [2.24, 2.45) is 10.2 Å². The summed E-state index contributed by atoms with van der Waals surface area (Å²) >= 11 is 0. The van der Waals surface area contributed by atoms with Crippen LogP contribution in [0.1, 0.15) is 36.0 Å². The van der Waals surface area contributed by atoms with Crippen LogP contribution >= 0.6 is 0 Å². The minimum atomic E-state index is -0.152. The van der Waals surface area contributed by atoms with Gasteiger partial charge in [0.25, 0.3) is 5.91 Å². The average Bonchev–Trinajstić information content (AvgIpc) is 2.79. The van der Waals surface area contributed by atoms with Crippen LogP contribution in [0.15, 0.2) is 58.8 Å². The molecule has 9 heteroatoms. The molecule has 0 spiro atoms. The van der Waals surface area contributed by atoms with E-state index >= 15 is 0 Å². The molecule has 0 aliphatic heterocycles. The molecule has 0 radical (unpaired) electrons. The van der Waals surface area contributed by atoms with Gasteiger partial charge in [-0.05, 0) is 61.4 Å². The fraction of sp³-hybridized carbons (Fsp3) is 0.462. The molecule has 0 aromatic heterocycles. The third kappa shape index (κ3) is 12.5. The van der Waals surface area contributed by atoms with Crippen molar-refractivity contribution in [2.75, 3.05) is 59.8 Å². The molecule has 0 unspecified atom stereocenters. The standard InChI is InChI=1S/C26H37N5O3.BrH/c1-30(2)24-16-14-23(15-17-24)29-28-22-12-10-21(11-13-22)26(33)27-18-8-6-7-9-25(32)34-20-19-31(3,4)5;/h10-17H,6-9,18-20H2,1-5H3;1H. The van der Waals surface area contributed by atoms with Gasteiger partial charge in [0, 0.05) is 38.3 Å². The minimum absolute atomic E-state index is 0. The summed E-state index contributed by atoms with van der Waals surface area (Å²) in [5.41, 5.74) is 3.13. The van der Waals surface area contributed by atoms with Gasteiger partial charge < -0.3 is 36.4 Å². The van der Waals surface area contributed by atoms with E-state index in [-0.39, 0.29) is 28.9 Å². The predicted octanol–water partition coefficient (Wildman–Crippen LogP) is 1.71. The molecule has 0 heterocycles. The van der Waals surface area contributed by atoms with Crippen LogP contribution in [0, 0.1) is 0 Å².